The monoisotopic (exact) mass is 226 g/mol. The Labute approximate surface area is 78.3 Å². The molecule has 0 bridgehead atoms. The highest BCUT2D eigenvalue weighted by molar-refractivity contribution is 9.10. The van der Waals surface area contributed by atoms with Gasteiger partial charge in [-0.25, -0.2) is 0 Å². The summed E-state index contributed by atoms with van der Waals surface area (Å²) in [6, 6.07) is 1.89. The largest absolute Gasteiger partial charge is 0.324 e. The Morgan fingerprint density at radius 3 is 3.17 bits per heavy atom. The Morgan fingerprint density at radius 1 is 1.67 bits per heavy atom. The van der Waals surface area contributed by atoms with Crippen molar-refractivity contribution in [1.82, 2.24) is 4.98 Å². The first kappa shape index (κ1) is 7.73. The van der Waals surface area contributed by atoms with E-state index in [0.29, 0.717) is 6.42 Å². The molecule has 0 unspecified atom stereocenters. The van der Waals surface area contributed by atoms with Crippen molar-refractivity contribution in [2.24, 2.45) is 0 Å². The number of fused-ring (bicyclic) bond motifs is 1. The normalized spacial score (nSPS) is 14.3. The van der Waals surface area contributed by atoms with Crippen LogP contribution in [-0.4, -0.2) is 10.9 Å². The zero-order valence-corrected chi connectivity index (χ0v) is 8.10. The topological polar surface area (TPSA) is 42.0 Å². The number of rotatable bonds is 0. The summed E-state index contributed by atoms with van der Waals surface area (Å²) in [5.41, 5.74) is 2.60. The van der Waals surface area contributed by atoms with Crippen LogP contribution >= 0.6 is 15.9 Å². The molecule has 1 aliphatic rings. The fourth-order valence-corrected chi connectivity index (χ4v) is 1.54. The molecule has 0 aliphatic carbocycles. The molecule has 1 N–H and O–H groups in total. The number of halogens is 1. The molecule has 3 nitrogen and oxygen atoms in total. The average molecular weight is 227 g/mol. The summed E-state index contributed by atoms with van der Waals surface area (Å²) < 4.78 is 0.934. The van der Waals surface area contributed by atoms with Crippen LogP contribution in [0.15, 0.2) is 10.5 Å². The lowest BCUT2D eigenvalue weighted by atomic mass is 10.2. The fraction of sp³-hybridized carbons (Fsp3) is 0.250. The van der Waals surface area contributed by atoms with Crippen molar-refractivity contribution in [3.05, 3.63) is 21.9 Å². The molecule has 1 aromatic rings. The molecule has 0 spiro atoms. The number of pyridine rings is 1. The highest BCUT2D eigenvalue weighted by Crippen LogP contribution is 2.26. The molecule has 1 aliphatic heterocycles. The van der Waals surface area contributed by atoms with Gasteiger partial charge in [-0.1, -0.05) is 0 Å². The Bertz CT molecular complexity index is 329. The van der Waals surface area contributed by atoms with E-state index in [4.69, 9.17) is 0 Å². The molecule has 0 aromatic carbocycles. The third-order valence-corrected chi connectivity index (χ3v) is 2.64. The van der Waals surface area contributed by atoms with Crippen LogP contribution in [0.25, 0.3) is 0 Å². The number of carbonyl (C=O) groups excluding carboxylic acids is 1. The lowest BCUT2D eigenvalue weighted by molar-refractivity contribution is -0.115. The molecule has 0 saturated heterocycles. The zero-order valence-electron chi connectivity index (χ0n) is 6.52. The Kier molecular flexibility index (Phi) is 1.65. The smallest absolute Gasteiger partial charge is 0.230 e. The number of anilines is 1. The van der Waals surface area contributed by atoms with E-state index in [9.17, 15) is 4.79 Å². The number of nitrogens with zero attached hydrogens (tertiary/aromatic N) is 1. The maximum absolute atomic E-state index is 11.0. The minimum Gasteiger partial charge on any atom is -0.324 e. The molecule has 0 radical (unpaired) electrons. The van der Waals surface area contributed by atoms with Gasteiger partial charge in [0.2, 0.25) is 5.91 Å². The number of nitrogens with one attached hydrogen (secondary N) is 1. The lowest BCUT2D eigenvalue weighted by Crippen LogP contribution is -2.03. The lowest BCUT2D eigenvalue weighted by Gasteiger charge is -2.00. The van der Waals surface area contributed by atoms with Gasteiger partial charge in [0.1, 0.15) is 0 Å². The second kappa shape index (κ2) is 2.55. The zero-order chi connectivity index (χ0) is 8.72. The van der Waals surface area contributed by atoms with E-state index in [0.717, 1.165) is 21.5 Å². The van der Waals surface area contributed by atoms with Gasteiger partial charge < -0.3 is 5.32 Å². The van der Waals surface area contributed by atoms with E-state index >= 15 is 0 Å². The van der Waals surface area contributed by atoms with Gasteiger partial charge in [0.05, 0.1) is 23.5 Å². The SMILES string of the molecule is Cc1nc2c(cc1Br)NC(=O)C2. The highest BCUT2D eigenvalue weighted by Gasteiger charge is 2.19. The number of carbonyl (C=O) groups is 1. The summed E-state index contributed by atoms with van der Waals surface area (Å²) in [5, 5.41) is 2.73. The molecular formula is C8H7BrN2O. The Balaban J connectivity index is 2.55. The molecule has 1 aromatic heterocycles. The molecule has 2 rings (SSSR count). The molecule has 12 heavy (non-hydrogen) atoms. The molecule has 62 valence electrons. The summed E-state index contributed by atoms with van der Waals surface area (Å²) in [6.07, 6.45) is 0.406. The van der Waals surface area contributed by atoms with Crippen molar-refractivity contribution < 1.29 is 4.79 Å². The maximum Gasteiger partial charge on any atom is 0.230 e. The van der Waals surface area contributed by atoms with Gasteiger partial charge in [-0.15, -0.1) is 0 Å². The van der Waals surface area contributed by atoms with Gasteiger partial charge in [0.15, 0.2) is 0 Å². The summed E-state index contributed by atoms with van der Waals surface area (Å²) in [6.45, 7) is 1.91. The second-order valence-electron chi connectivity index (χ2n) is 2.77. The number of aromatic nitrogens is 1. The van der Waals surface area contributed by atoms with Crippen LogP contribution in [0.2, 0.25) is 0 Å². The number of amides is 1. The van der Waals surface area contributed by atoms with E-state index in [1.54, 1.807) is 0 Å². The molecule has 0 fully saturated rings. The van der Waals surface area contributed by atoms with E-state index in [1.807, 2.05) is 13.0 Å². The maximum atomic E-state index is 11.0. The fourth-order valence-electron chi connectivity index (χ4n) is 1.22. The van der Waals surface area contributed by atoms with Crippen molar-refractivity contribution in [3.63, 3.8) is 0 Å². The minimum absolute atomic E-state index is 0.0231. The quantitative estimate of drug-likeness (QED) is 0.732. The van der Waals surface area contributed by atoms with Gasteiger partial charge in [-0.05, 0) is 28.9 Å². The van der Waals surface area contributed by atoms with E-state index in [-0.39, 0.29) is 5.91 Å². The van der Waals surface area contributed by atoms with Crippen LogP contribution in [0.3, 0.4) is 0 Å². The van der Waals surface area contributed by atoms with Gasteiger partial charge in [-0.2, -0.15) is 0 Å². The van der Waals surface area contributed by atoms with Crippen molar-refractivity contribution in [2.75, 3.05) is 5.32 Å². The predicted octanol–water partition coefficient (Wildman–Crippen LogP) is 1.65. The summed E-state index contributed by atoms with van der Waals surface area (Å²) >= 11 is 3.35. The van der Waals surface area contributed by atoms with Crippen molar-refractivity contribution >= 4 is 27.5 Å². The molecule has 1 amide bonds. The Morgan fingerprint density at radius 2 is 2.42 bits per heavy atom. The second-order valence-corrected chi connectivity index (χ2v) is 3.63. The van der Waals surface area contributed by atoms with Crippen molar-refractivity contribution in [1.29, 1.82) is 0 Å². The first-order valence-electron chi connectivity index (χ1n) is 3.62. The summed E-state index contributed by atoms with van der Waals surface area (Å²) in [4.78, 5) is 15.2. The van der Waals surface area contributed by atoms with Gasteiger partial charge >= 0.3 is 0 Å². The summed E-state index contributed by atoms with van der Waals surface area (Å²) in [7, 11) is 0. The van der Waals surface area contributed by atoms with E-state index in [2.05, 4.69) is 26.2 Å². The van der Waals surface area contributed by atoms with Crippen molar-refractivity contribution in [3.8, 4) is 0 Å². The standard InChI is InChI=1S/C8H7BrN2O/c1-4-5(9)2-6-7(10-4)3-8(12)11-6/h2H,3H2,1H3,(H,11,12). The number of aryl methyl sites for hydroxylation is 1. The molecular weight excluding hydrogens is 220 g/mol. The van der Waals surface area contributed by atoms with Crippen LogP contribution < -0.4 is 5.32 Å². The minimum atomic E-state index is 0.0231. The van der Waals surface area contributed by atoms with Crippen LogP contribution in [0.5, 0.6) is 0 Å². The Hall–Kier alpha value is -0.900. The molecule has 2 heterocycles. The number of hydrogen-bond donors (Lipinski definition) is 1. The first-order chi connectivity index (χ1) is 5.66. The predicted molar refractivity (Wildman–Crippen MR) is 49.0 cm³/mol. The van der Waals surface area contributed by atoms with Gasteiger partial charge in [-0.3, -0.25) is 9.78 Å². The molecule has 0 saturated carbocycles. The third-order valence-electron chi connectivity index (χ3n) is 1.83. The number of hydrogen-bond acceptors (Lipinski definition) is 2. The van der Waals surface area contributed by atoms with Gasteiger partial charge in [0, 0.05) is 4.47 Å². The van der Waals surface area contributed by atoms with Crippen molar-refractivity contribution in [2.45, 2.75) is 13.3 Å². The van der Waals surface area contributed by atoms with Crippen LogP contribution in [0, 0.1) is 6.92 Å². The highest BCUT2D eigenvalue weighted by atomic mass is 79.9. The summed E-state index contributed by atoms with van der Waals surface area (Å²) in [5.74, 6) is 0.0231. The molecule has 4 heteroatoms. The molecule has 0 atom stereocenters. The first-order valence-corrected chi connectivity index (χ1v) is 4.42. The van der Waals surface area contributed by atoms with Crippen LogP contribution in [-0.2, 0) is 11.2 Å². The third kappa shape index (κ3) is 1.12. The average Bonchev–Trinajstić information content (AvgIpc) is 2.30. The van der Waals surface area contributed by atoms with Crippen LogP contribution in [0.1, 0.15) is 11.4 Å². The van der Waals surface area contributed by atoms with Crippen LogP contribution in [0.4, 0.5) is 5.69 Å². The van der Waals surface area contributed by atoms with Gasteiger partial charge in [0.25, 0.3) is 0 Å². The van der Waals surface area contributed by atoms with E-state index in [1.165, 1.54) is 0 Å². The van der Waals surface area contributed by atoms with E-state index < -0.39 is 0 Å².